The number of para-hydroxylation sites is 2. The van der Waals surface area contributed by atoms with Crippen molar-refractivity contribution in [3.8, 4) is 28.7 Å². The summed E-state index contributed by atoms with van der Waals surface area (Å²) in [6.07, 6.45) is 0. The van der Waals surface area contributed by atoms with E-state index in [1.807, 2.05) is 12.1 Å². The number of amides is 1. The topological polar surface area (TPSA) is 75.2 Å². The zero-order valence-electron chi connectivity index (χ0n) is 15.3. The largest absolute Gasteiger partial charge is 0.496 e. The van der Waals surface area contributed by atoms with Gasteiger partial charge in [-0.1, -0.05) is 12.1 Å². The van der Waals surface area contributed by atoms with Gasteiger partial charge in [-0.15, -0.1) is 0 Å². The van der Waals surface area contributed by atoms with Gasteiger partial charge in [0.1, 0.15) is 5.75 Å². The molecular weight excluding hydrogens is 338 g/mol. The summed E-state index contributed by atoms with van der Waals surface area (Å²) in [5.74, 6) is 2.51. The van der Waals surface area contributed by atoms with Gasteiger partial charge in [-0.3, -0.25) is 4.79 Å². The Balaban J connectivity index is 1.98. The monoisotopic (exact) mass is 361 g/mol. The van der Waals surface area contributed by atoms with Gasteiger partial charge in [0, 0.05) is 18.2 Å². The van der Waals surface area contributed by atoms with Crippen molar-refractivity contribution >= 4 is 5.91 Å². The van der Waals surface area contributed by atoms with E-state index in [4.69, 9.17) is 23.7 Å². The van der Waals surface area contributed by atoms with E-state index in [2.05, 4.69) is 5.32 Å². The summed E-state index contributed by atoms with van der Waals surface area (Å²) < 4.78 is 26.6. The lowest BCUT2D eigenvalue weighted by molar-refractivity contribution is -0.123. The minimum absolute atomic E-state index is 0.129. The van der Waals surface area contributed by atoms with Gasteiger partial charge in [-0.05, 0) is 18.2 Å². The average molecular weight is 361 g/mol. The van der Waals surface area contributed by atoms with Crippen molar-refractivity contribution in [2.75, 3.05) is 35.0 Å². The van der Waals surface area contributed by atoms with Crippen LogP contribution in [0.5, 0.6) is 28.7 Å². The maximum atomic E-state index is 12.1. The summed E-state index contributed by atoms with van der Waals surface area (Å²) >= 11 is 0. The van der Waals surface area contributed by atoms with Crippen LogP contribution in [0.2, 0.25) is 0 Å². The summed E-state index contributed by atoms with van der Waals surface area (Å²) in [6, 6.07) is 10.6. The molecule has 2 aromatic carbocycles. The van der Waals surface area contributed by atoms with E-state index in [9.17, 15) is 4.79 Å². The lowest BCUT2D eigenvalue weighted by Crippen LogP contribution is -2.28. The first kappa shape index (κ1) is 19.2. The first-order chi connectivity index (χ1) is 12.6. The van der Waals surface area contributed by atoms with E-state index in [0.29, 0.717) is 28.7 Å². The molecule has 0 bridgehead atoms. The SMILES string of the molecule is COc1cc(OC)c(OC)cc1CNC(=O)COc1ccccc1OC. The molecule has 26 heavy (non-hydrogen) atoms. The van der Waals surface area contributed by atoms with Gasteiger partial charge < -0.3 is 29.0 Å². The molecule has 1 amide bonds. The minimum atomic E-state index is -0.271. The minimum Gasteiger partial charge on any atom is -0.496 e. The number of methoxy groups -OCH3 is 4. The van der Waals surface area contributed by atoms with Crippen molar-refractivity contribution in [2.45, 2.75) is 6.54 Å². The summed E-state index contributed by atoms with van der Waals surface area (Å²) in [6.45, 7) is 0.133. The van der Waals surface area contributed by atoms with Gasteiger partial charge in [-0.2, -0.15) is 0 Å². The highest BCUT2D eigenvalue weighted by atomic mass is 16.5. The number of ether oxygens (including phenoxy) is 5. The molecule has 2 aromatic rings. The highest BCUT2D eigenvalue weighted by molar-refractivity contribution is 5.77. The van der Waals surface area contributed by atoms with Crippen LogP contribution in [0.4, 0.5) is 0 Å². The van der Waals surface area contributed by atoms with E-state index in [0.717, 1.165) is 5.56 Å². The molecular formula is C19H23NO6. The Morgan fingerprint density at radius 3 is 2.00 bits per heavy atom. The number of carbonyl (C=O) groups is 1. The molecule has 0 saturated heterocycles. The molecule has 0 atom stereocenters. The van der Waals surface area contributed by atoms with Gasteiger partial charge in [-0.25, -0.2) is 0 Å². The molecule has 7 nitrogen and oxygen atoms in total. The Bertz CT molecular complexity index is 747. The van der Waals surface area contributed by atoms with Crippen molar-refractivity contribution in [3.05, 3.63) is 42.0 Å². The third-order valence-electron chi connectivity index (χ3n) is 3.69. The van der Waals surface area contributed by atoms with Crippen LogP contribution in [0.25, 0.3) is 0 Å². The van der Waals surface area contributed by atoms with Crippen molar-refractivity contribution in [3.63, 3.8) is 0 Å². The maximum Gasteiger partial charge on any atom is 0.258 e. The van der Waals surface area contributed by atoms with Gasteiger partial charge in [0.2, 0.25) is 0 Å². The molecule has 0 heterocycles. The van der Waals surface area contributed by atoms with Gasteiger partial charge in [0.05, 0.1) is 28.4 Å². The fraction of sp³-hybridized carbons (Fsp3) is 0.316. The molecule has 0 aliphatic carbocycles. The number of nitrogens with one attached hydrogen (secondary N) is 1. The molecule has 2 rings (SSSR count). The van der Waals surface area contributed by atoms with Crippen molar-refractivity contribution < 1.29 is 28.5 Å². The van der Waals surface area contributed by atoms with Crippen LogP contribution in [-0.4, -0.2) is 41.0 Å². The molecule has 0 radical (unpaired) electrons. The van der Waals surface area contributed by atoms with Crippen molar-refractivity contribution in [1.29, 1.82) is 0 Å². The van der Waals surface area contributed by atoms with Crippen LogP contribution >= 0.6 is 0 Å². The molecule has 1 N–H and O–H groups in total. The summed E-state index contributed by atoms with van der Waals surface area (Å²) in [7, 11) is 6.20. The maximum absolute atomic E-state index is 12.1. The molecule has 0 aliphatic rings. The predicted molar refractivity (Wildman–Crippen MR) is 96.4 cm³/mol. The van der Waals surface area contributed by atoms with Crippen LogP contribution in [0, 0.1) is 0 Å². The Morgan fingerprint density at radius 2 is 1.38 bits per heavy atom. The zero-order chi connectivity index (χ0) is 18.9. The van der Waals surface area contributed by atoms with Gasteiger partial charge in [0.15, 0.2) is 29.6 Å². The van der Waals surface area contributed by atoms with E-state index in [1.54, 1.807) is 52.7 Å². The number of rotatable bonds is 9. The van der Waals surface area contributed by atoms with Crippen LogP contribution in [-0.2, 0) is 11.3 Å². The highest BCUT2D eigenvalue weighted by Gasteiger charge is 2.13. The second-order valence-electron chi connectivity index (χ2n) is 5.24. The van der Waals surface area contributed by atoms with E-state index in [1.165, 1.54) is 0 Å². The molecule has 7 heteroatoms. The van der Waals surface area contributed by atoms with Crippen LogP contribution in [0.15, 0.2) is 36.4 Å². The van der Waals surface area contributed by atoms with Gasteiger partial charge in [0.25, 0.3) is 5.91 Å². The Kier molecular flexibility index (Phi) is 6.96. The second kappa shape index (κ2) is 9.41. The average Bonchev–Trinajstić information content (AvgIpc) is 2.69. The Labute approximate surface area is 152 Å². The summed E-state index contributed by atoms with van der Waals surface area (Å²) in [5.41, 5.74) is 0.760. The number of benzene rings is 2. The van der Waals surface area contributed by atoms with Crippen molar-refractivity contribution in [2.24, 2.45) is 0 Å². The smallest absolute Gasteiger partial charge is 0.258 e. The second-order valence-corrected chi connectivity index (χ2v) is 5.24. The molecule has 0 spiro atoms. The van der Waals surface area contributed by atoms with Crippen LogP contribution in [0.3, 0.4) is 0 Å². The van der Waals surface area contributed by atoms with E-state index < -0.39 is 0 Å². The van der Waals surface area contributed by atoms with Crippen LogP contribution < -0.4 is 29.0 Å². The molecule has 0 aliphatic heterocycles. The summed E-state index contributed by atoms with van der Waals surface area (Å²) in [4.78, 5) is 12.1. The van der Waals surface area contributed by atoms with Gasteiger partial charge >= 0.3 is 0 Å². The normalized spacial score (nSPS) is 10.0. The highest BCUT2D eigenvalue weighted by Crippen LogP contribution is 2.34. The first-order valence-corrected chi connectivity index (χ1v) is 7.94. The predicted octanol–water partition coefficient (Wildman–Crippen LogP) is 2.42. The molecule has 0 saturated carbocycles. The molecule has 0 unspecified atom stereocenters. The number of hydrogen-bond acceptors (Lipinski definition) is 6. The quantitative estimate of drug-likeness (QED) is 0.739. The van der Waals surface area contributed by atoms with E-state index >= 15 is 0 Å². The first-order valence-electron chi connectivity index (χ1n) is 7.94. The lowest BCUT2D eigenvalue weighted by Gasteiger charge is -2.15. The fourth-order valence-electron chi connectivity index (χ4n) is 2.36. The standard InChI is InChI=1S/C19H23NO6/c1-22-14-7-5-6-8-15(14)26-12-19(21)20-11-13-9-17(24-3)18(25-4)10-16(13)23-2/h5-10H,11-12H2,1-4H3,(H,20,21). The lowest BCUT2D eigenvalue weighted by atomic mass is 10.1. The fourth-order valence-corrected chi connectivity index (χ4v) is 2.36. The third kappa shape index (κ3) is 4.72. The number of carbonyl (C=O) groups excluding carboxylic acids is 1. The van der Waals surface area contributed by atoms with Crippen molar-refractivity contribution in [1.82, 2.24) is 5.32 Å². The number of hydrogen-bond donors (Lipinski definition) is 1. The van der Waals surface area contributed by atoms with E-state index in [-0.39, 0.29) is 19.1 Å². The third-order valence-corrected chi connectivity index (χ3v) is 3.69. The molecule has 140 valence electrons. The zero-order valence-corrected chi connectivity index (χ0v) is 15.3. The Hall–Kier alpha value is -3.09. The van der Waals surface area contributed by atoms with Crippen LogP contribution in [0.1, 0.15) is 5.56 Å². The summed E-state index contributed by atoms with van der Waals surface area (Å²) in [5, 5.41) is 2.79. The molecule has 0 aromatic heterocycles. The Morgan fingerprint density at radius 1 is 0.808 bits per heavy atom. The molecule has 0 fully saturated rings.